The van der Waals surface area contributed by atoms with Crippen molar-refractivity contribution in [2.75, 3.05) is 32.7 Å². The molecule has 1 aliphatic carbocycles. The van der Waals surface area contributed by atoms with Gasteiger partial charge in [0.15, 0.2) is 0 Å². The molecule has 0 bridgehead atoms. The predicted molar refractivity (Wildman–Crippen MR) is 66.5 cm³/mol. The van der Waals surface area contributed by atoms with E-state index < -0.39 is 0 Å². The van der Waals surface area contributed by atoms with Gasteiger partial charge in [0.1, 0.15) is 0 Å². The van der Waals surface area contributed by atoms with Crippen LogP contribution in [0, 0.1) is 5.92 Å². The maximum absolute atomic E-state index is 9.84. The van der Waals surface area contributed by atoms with Crippen molar-refractivity contribution < 1.29 is 5.11 Å². The van der Waals surface area contributed by atoms with Gasteiger partial charge in [0, 0.05) is 38.8 Å². The summed E-state index contributed by atoms with van der Waals surface area (Å²) in [4.78, 5) is 5.04. The fourth-order valence-electron chi connectivity index (χ4n) is 2.60. The summed E-state index contributed by atoms with van der Waals surface area (Å²) in [6.07, 6.45) is 3.61. The summed E-state index contributed by atoms with van der Waals surface area (Å²) in [6.45, 7) is 10.2. The van der Waals surface area contributed by atoms with Crippen molar-refractivity contribution in [1.82, 2.24) is 9.80 Å². The number of aliphatic hydroxyl groups excluding tert-OH is 1. The van der Waals surface area contributed by atoms with Crippen molar-refractivity contribution in [1.29, 1.82) is 0 Å². The number of nitrogens with zero attached hydrogens (tertiary/aromatic N) is 2. The van der Waals surface area contributed by atoms with Crippen molar-refractivity contribution in [2.45, 2.75) is 45.3 Å². The summed E-state index contributed by atoms with van der Waals surface area (Å²) in [5.74, 6) is 1.00. The fourth-order valence-corrected chi connectivity index (χ4v) is 2.60. The first-order valence-electron chi connectivity index (χ1n) is 6.85. The average molecular weight is 226 g/mol. The Morgan fingerprint density at radius 2 is 1.81 bits per heavy atom. The molecule has 2 fully saturated rings. The van der Waals surface area contributed by atoms with Crippen LogP contribution in [0.4, 0.5) is 0 Å². The molecule has 3 nitrogen and oxygen atoms in total. The van der Waals surface area contributed by atoms with Gasteiger partial charge in [-0.15, -0.1) is 0 Å². The molecule has 2 aliphatic rings. The third-order valence-electron chi connectivity index (χ3n) is 4.17. The lowest BCUT2D eigenvalue weighted by molar-refractivity contribution is 0.0246. The number of hydrogen-bond acceptors (Lipinski definition) is 3. The minimum absolute atomic E-state index is 0.157. The van der Waals surface area contributed by atoms with Gasteiger partial charge in [0.2, 0.25) is 0 Å². The zero-order chi connectivity index (χ0) is 11.5. The van der Waals surface area contributed by atoms with Crippen LogP contribution in [0.15, 0.2) is 0 Å². The molecule has 1 heterocycles. The van der Waals surface area contributed by atoms with E-state index >= 15 is 0 Å². The van der Waals surface area contributed by atoms with E-state index in [2.05, 4.69) is 23.6 Å². The Morgan fingerprint density at radius 3 is 2.31 bits per heavy atom. The van der Waals surface area contributed by atoms with Gasteiger partial charge in [0.05, 0.1) is 6.10 Å². The molecule has 0 aromatic rings. The molecule has 1 aliphatic heterocycles. The van der Waals surface area contributed by atoms with E-state index in [-0.39, 0.29) is 6.10 Å². The monoisotopic (exact) mass is 226 g/mol. The summed E-state index contributed by atoms with van der Waals surface area (Å²) in [6, 6.07) is 0.327. The van der Waals surface area contributed by atoms with E-state index in [1.807, 2.05) is 0 Å². The molecule has 94 valence electrons. The highest BCUT2D eigenvalue weighted by molar-refractivity contribution is 4.83. The highest BCUT2D eigenvalue weighted by Gasteiger charge is 2.28. The molecule has 16 heavy (non-hydrogen) atoms. The predicted octanol–water partition coefficient (Wildman–Crippen LogP) is 1.17. The smallest absolute Gasteiger partial charge is 0.0690 e. The summed E-state index contributed by atoms with van der Waals surface area (Å²) in [5, 5.41) is 9.84. The second-order valence-electron chi connectivity index (χ2n) is 5.50. The minimum atomic E-state index is -0.157. The second kappa shape index (κ2) is 5.48. The largest absolute Gasteiger partial charge is 0.392 e. The summed E-state index contributed by atoms with van der Waals surface area (Å²) >= 11 is 0. The lowest BCUT2D eigenvalue weighted by atomic mass is 10.1. The first-order chi connectivity index (χ1) is 7.70. The third kappa shape index (κ3) is 3.19. The van der Waals surface area contributed by atoms with Gasteiger partial charge in [-0.05, 0) is 32.1 Å². The topological polar surface area (TPSA) is 26.7 Å². The normalized spacial score (nSPS) is 27.9. The molecule has 0 aromatic carbocycles. The van der Waals surface area contributed by atoms with Crippen molar-refractivity contribution in [2.24, 2.45) is 5.92 Å². The van der Waals surface area contributed by atoms with Crippen LogP contribution in [0.1, 0.15) is 33.1 Å². The van der Waals surface area contributed by atoms with Crippen LogP contribution in [-0.4, -0.2) is 59.8 Å². The van der Waals surface area contributed by atoms with Crippen LogP contribution >= 0.6 is 0 Å². The molecule has 0 aromatic heterocycles. The molecular weight excluding hydrogens is 200 g/mol. The molecule has 1 saturated heterocycles. The molecule has 1 saturated carbocycles. The number of rotatable bonds is 5. The highest BCUT2D eigenvalue weighted by atomic mass is 16.3. The Kier molecular flexibility index (Phi) is 4.22. The zero-order valence-corrected chi connectivity index (χ0v) is 10.7. The lowest BCUT2D eigenvalue weighted by Gasteiger charge is -2.39. The van der Waals surface area contributed by atoms with Crippen LogP contribution in [0.25, 0.3) is 0 Å². The summed E-state index contributed by atoms with van der Waals surface area (Å²) in [7, 11) is 0. The van der Waals surface area contributed by atoms with Crippen LogP contribution in [0.5, 0.6) is 0 Å². The Morgan fingerprint density at radius 1 is 1.19 bits per heavy atom. The van der Waals surface area contributed by atoms with Gasteiger partial charge in [-0.1, -0.05) is 6.92 Å². The van der Waals surface area contributed by atoms with Gasteiger partial charge in [-0.25, -0.2) is 0 Å². The molecule has 3 heteroatoms. The van der Waals surface area contributed by atoms with E-state index in [1.54, 1.807) is 0 Å². The zero-order valence-electron chi connectivity index (χ0n) is 10.7. The maximum Gasteiger partial charge on any atom is 0.0690 e. The fraction of sp³-hybridized carbons (Fsp3) is 1.00. The van der Waals surface area contributed by atoms with Crippen molar-refractivity contribution in [3.05, 3.63) is 0 Å². The summed E-state index contributed by atoms with van der Waals surface area (Å²) in [5.41, 5.74) is 0. The molecular formula is C13H26N2O. The van der Waals surface area contributed by atoms with Gasteiger partial charge in [0.25, 0.3) is 0 Å². The van der Waals surface area contributed by atoms with Crippen LogP contribution in [0.3, 0.4) is 0 Å². The van der Waals surface area contributed by atoms with Crippen LogP contribution < -0.4 is 0 Å². The third-order valence-corrected chi connectivity index (χ3v) is 4.17. The van der Waals surface area contributed by atoms with Gasteiger partial charge in [-0.3, -0.25) is 4.90 Å². The Labute approximate surface area is 99.4 Å². The van der Waals surface area contributed by atoms with Crippen molar-refractivity contribution in [3.63, 3.8) is 0 Å². The van der Waals surface area contributed by atoms with Crippen molar-refractivity contribution >= 4 is 0 Å². The second-order valence-corrected chi connectivity index (χ2v) is 5.50. The average Bonchev–Trinajstić information content (AvgIpc) is 3.12. The Balaban J connectivity index is 1.71. The maximum atomic E-state index is 9.84. The molecule has 2 rings (SSSR count). The van der Waals surface area contributed by atoms with E-state index in [1.165, 1.54) is 32.5 Å². The van der Waals surface area contributed by atoms with Gasteiger partial charge >= 0.3 is 0 Å². The number of piperazine rings is 1. The minimum Gasteiger partial charge on any atom is -0.392 e. The quantitative estimate of drug-likeness (QED) is 0.762. The highest BCUT2D eigenvalue weighted by Crippen LogP contribution is 2.30. The van der Waals surface area contributed by atoms with Crippen molar-refractivity contribution in [3.8, 4) is 0 Å². The van der Waals surface area contributed by atoms with E-state index in [4.69, 9.17) is 0 Å². The Bertz CT molecular complexity index is 210. The molecule has 1 N–H and O–H groups in total. The molecule has 2 atom stereocenters. The first-order valence-corrected chi connectivity index (χ1v) is 6.85. The first kappa shape index (κ1) is 12.3. The van der Waals surface area contributed by atoms with Gasteiger partial charge in [-0.2, -0.15) is 0 Å². The SMILES string of the molecule is CCC(O)C(C)N1CCN(CC2CC2)CC1. The van der Waals surface area contributed by atoms with E-state index in [0.717, 1.165) is 25.4 Å². The summed E-state index contributed by atoms with van der Waals surface area (Å²) < 4.78 is 0. The molecule has 2 unspecified atom stereocenters. The van der Waals surface area contributed by atoms with Gasteiger partial charge < -0.3 is 10.0 Å². The van der Waals surface area contributed by atoms with Crippen LogP contribution in [0.2, 0.25) is 0 Å². The lowest BCUT2D eigenvalue weighted by Crippen LogP contribution is -2.52. The van der Waals surface area contributed by atoms with Crippen LogP contribution in [-0.2, 0) is 0 Å². The number of aliphatic hydroxyl groups is 1. The standard InChI is InChI=1S/C13H26N2O/c1-3-13(16)11(2)15-8-6-14(7-9-15)10-12-4-5-12/h11-13,16H,3-10H2,1-2H3. The molecule has 0 amide bonds. The number of hydrogen-bond donors (Lipinski definition) is 1. The molecule has 0 spiro atoms. The van der Waals surface area contributed by atoms with E-state index in [0.29, 0.717) is 6.04 Å². The molecule has 0 radical (unpaired) electrons. The van der Waals surface area contributed by atoms with E-state index in [9.17, 15) is 5.11 Å². The Hall–Kier alpha value is -0.120.